The number of nitrogens with one attached hydrogen (secondary N) is 2. The van der Waals surface area contributed by atoms with E-state index < -0.39 is 0 Å². The molecule has 1 heterocycles. The van der Waals surface area contributed by atoms with Gasteiger partial charge in [0.2, 0.25) is 5.91 Å². The summed E-state index contributed by atoms with van der Waals surface area (Å²) >= 11 is 0. The van der Waals surface area contributed by atoms with Gasteiger partial charge in [0.15, 0.2) is 0 Å². The molecule has 2 aromatic rings. The Morgan fingerprint density at radius 3 is 2.67 bits per heavy atom. The molecule has 21 heavy (non-hydrogen) atoms. The lowest BCUT2D eigenvalue weighted by Crippen LogP contribution is -2.33. The van der Waals surface area contributed by atoms with Gasteiger partial charge in [-0.25, -0.2) is 0 Å². The number of aromatic nitrogens is 1. The summed E-state index contributed by atoms with van der Waals surface area (Å²) in [7, 11) is 0. The number of hydrogen-bond donors (Lipinski definition) is 2. The van der Waals surface area contributed by atoms with Crippen molar-refractivity contribution >= 4 is 5.91 Å². The van der Waals surface area contributed by atoms with Gasteiger partial charge in [-0.1, -0.05) is 37.3 Å². The van der Waals surface area contributed by atoms with Crippen molar-refractivity contribution in [1.82, 2.24) is 15.2 Å². The summed E-state index contributed by atoms with van der Waals surface area (Å²) in [6.07, 6.45) is 5.33. The summed E-state index contributed by atoms with van der Waals surface area (Å²) in [4.78, 5) is 11.7. The van der Waals surface area contributed by atoms with Crippen molar-refractivity contribution in [2.75, 3.05) is 6.54 Å². The van der Waals surface area contributed by atoms with Gasteiger partial charge in [0, 0.05) is 32.0 Å². The van der Waals surface area contributed by atoms with Gasteiger partial charge < -0.3 is 15.2 Å². The highest BCUT2D eigenvalue weighted by Crippen LogP contribution is 2.01. The largest absolute Gasteiger partial charge is 0.354 e. The standard InChI is InChI=1S/C17H23N3O/c1-2-9-20-10-8-16(14-20)11-18-13-17(21)19-12-15-6-4-3-5-7-15/h3-8,10,14,18H,2,9,11-13H2,1H3,(H,19,21). The van der Waals surface area contributed by atoms with E-state index in [-0.39, 0.29) is 5.91 Å². The third kappa shape index (κ3) is 5.44. The number of rotatable bonds is 8. The molecule has 112 valence electrons. The van der Waals surface area contributed by atoms with Crippen LogP contribution in [0.3, 0.4) is 0 Å². The van der Waals surface area contributed by atoms with Gasteiger partial charge in [-0.2, -0.15) is 0 Å². The van der Waals surface area contributed by atoms with Gasteiger partial charge in [-0.05, 0) is 23.6 Å². The minimum Gasteiger partial charge on any atom is -0.354 e. The van der Waals surface area contributed by atoms with E-state index >= 15 is 0 Å². The van der Waals surface area contributed by atoms with Gasteiger partial charge in [0.25, 0.3) is 0 Å². The first-order chi connectivity index (χ1) is 10.3. The van der Waals surface area contributed by atoms with Gasteiger partial charge in [-0.3, -0.25) is 4.79 Å². The molecule has 2 N–H and O–H groups in total. The molecule has 4 heteroatoms. The number of benzene rings is 1. The number of carbonyl (C=O) groups excluding carboxylic acids is 1. The van der Waals surface area contributed by atoms with Crippen LogP contribution in [-0.4, -0.2) is 17.0 Å². The first-order valence-electron chi connectivity index (χ1n) is 7.44. The highest BCUT2D eigenvalue weighted by atomic mass is 16.1. The first-order valence-corrected chi connectivity index (χ1v) is 7.44. The summed E-state index contributed by atoms with van der Waals surface area (Å²) in [5, 5.41) is 6.07. The molecule has 0 aliphatic carbocycles. The molecule has 0 bridgehead atoms. The molecule has 0 radical (unpaired) electrons. The van der Waals surface area contributed by atoms with Crippen LogP contribution in [0.1, 0.15) is 24.5 Å². The van der Waals surface area contributed by atoms with Gasteiger partial charge in [0.05, 0.1) is 6.54 Å². The second-order valence-electron chi connectivity index (χ2n) is 5.12. The van der Waals surface area contributed by atoms with E-state index in [9.17, 15) is 4.79 Å². The second kappa shape index (κ2) is 8.27. The van der Waals surface area contributed by atoms with Crippen molar-refractivity contribution in [2.45, 2.75) is 33.0 Å². The highest BCUT2D eigenvalue weighted by molar-refractivity contribution is 5.77. The fourth-order valence-corrected chi connectivity index (χ4v) is 2.17. The maximum absolute atomic E-state index is 11.7. The minimum absolute atomic E-state index is 0.0202. The SMILES string of the molecule is CCCn1ccc(CNCC(=O)NCc2ccccc2)c1. The first kappa shape index (κ1) is 15.3. The maximum atomic E-state index is 11.7. The molecule has 0 aliphatic heterocycles. The molecule has 0 atom stereocenters. The normalized spacial score (nSPS) is 10.5. The van der Waals surface area contributed by atoms with E-state index in [1.165, 1.54) is 5.56 Å². The zero-order valence-corrected chi connectivity index (χ0v) is 12.5. The molecule has 0 fully saturated rings. The summed E-state index contributed by atoms with van der Waals surface area (Å²) in [6, 6.07) is 12.0. The van der Waals surface area contributed by atoms with Crippen molar-refractivity contribution in [3.05, 3.63) is 59.9 Å². The molecular formula is C17H23N3O. The molecule has 0 saturated heterocycles. The number of amides is 1. The maximum Gasteiger partial charge on any atom is 0.234 e. The molecule has 0 aliphatic rings. The van der Waals surface area contributed by atoms with Crippen LogP contribution in [-0.2, 0) is 24.4 Å². The van der Waals surface area contributed by atoms with E-state index in [0.717, 1.165) is 25.1 Å². The van der Waals surface area contributed by atoms with E-state index in [4.69, 9.17) is 0 Å². The molecule has 0 saturated carbocycles. The van der Waals surface area contributed by atoms with E-state index in [1.807, 2.05) is 30.3 Å². The monoisotopic (exact) mass is 285 g/mol. The Morgan fingerprint density at radius 1 is 1.10 bits per heavy atom. The third-order valence-electron chi connectivity index (χ3n) is 3.24. The van der Waals surface area contributed by atoms with Crippen molar-refractivity contribution in [1.29, 1.82) is 0 Å². The Morgan fingerprint density at radius 2 is 1.90 bits per heavy atom. The molecule has 2 rings (SSSR count). The Kier molecular flexibility index (Phi) is 6.03. The second-order valence-corrected chi connectivity index (χ2v) is 5.12. The average molecular weight is 285 g/mol. The number of carbonyl (C=O) groups is 1. The number of aryl methyl sites for hydroxylation is 1. The van der Waals surface area contributed by atoms with Crippen LogP contribution in [0.25, 0.3) is 0 Å². The quantitative estimate of drug-likeness (QED) is 0.782. The van der Waals surface area contributed by atoms with Crippen molar-refractivity contribution in [3.8, 4) is 0 Å². The minimum atomic E-state index is 0.0202. The summed E-state index contributed by atoms with van der Waals surface area (Å²) in [5.74, 6) is 0.0202. The smallest absolute Gasteiger partial charge is 0.234 e. The molecule has 0 spiro atoms. The third-order valence-corrected chi connectivity index (χ3v) is 3.24. The molecule has 4 nitrogen and oxygen atoms in total. The van der Waals surface area contributed by atoms with Crippen molar-refractivity contribution < 1.29 is 4.79 Å². The van der Waals surface area contributed by atoms with Gasteiger partial charge in [-0.15, -0.1) is 0 Å². The summed E-state index contributed by atoms with van der Waals surface area (Å²) in [6.45, 7) is 4.84. The average Bonchev–Trinajstić information content (AvgIpc) is 2.94. The zero-order chi connectivity index (χ0) is 14.9. The van der Waals surface area contributed by atoms with Crippen molar-refractivity contribution in [3.63, 3.8) is 0 Å². The lowest BCUT2D eigenvalue weighted by molar-refractivity contribution is -0.120. The Labute approximate surface area is 126 Å². The van der Waals surface area contributed by atoms with Crippen LogP contribution >= 0.6 is 0 Å². The Hall–Kier alpha value is -2.07. The molecule has 1 amide bonds. The lowest BCUT2D eigenvalue weighted by Gasteiger charge is -2.06. The van der Waals surface area contributed by atoms with Crippen LogP contribution in [0, 0.1) is 0 Å². The fourth-order valence-electron chi connectivity index (χ4n) is 2.17. The zero-order valence-electron chi connectivity index (χ0n) is 12.5. The molecule has 0 unspecified atom stereocenters. The molecule has 1 aromatic carbocycles. The Balaban J connectivity index is 1.64. The van der Waals surface area contributed by atoms with Gasteiger partial charge in [0.1, 0.15) is 0 Å². The topological polar surface area (TPSA) is 46.1 Å². The summed E-state index contributed by atoms with van der Waals surface area (Å²) < 4.78 is 2.17. The number of hydrogen-bond acceptors (Lipinski definition) is 2. The van der Waals surface area contributed by atoms with E-state index in [0.29, 0.717) is 13.1 Å². The van der Waals surface area contributed by atoms with Crippen LogP contribution in [0.4, 0.5) is 0 Å². The van der Waals surface area contributed by atoms with Crippen LogP contribution < -0.4 is 10.6 Å². The van der Waals surface area contributed by atoms with E-state index in [1.54, 1.807) is 0 Å². The van der Waals surface area contributed by atoms with Crippen LogP contribution in [0.5, 0.6) is 0 Å². The fraction of sp³-hybridized carbons (Fsp3) is 0.353. The molecular weight excluding hydrogens is 262 g/mol. The van der Waals surface area contributed by atoms with E-state index in [2.05, 4.69) is 40.6 Å². The number of nitrogens with zero attached hydrogens (tertiary/aromatic N) is 1. The van der Waals surface area contributed by atoms with Crippen molar-refractivity contribution in [2.24, 2.45) is 0 Å². The highest BCUT2D eigenvalue weighted by Gasteiger charge is 2.01. The Bertz CT molecular complexity index is 548. The molecule has 1 aromatic heterocycles. The lowest BCUT2D eigenvalue weighted by atomic mass is 10.2. The predicted octanol–water partition coefficient (Wildman–Crippen LogP) is 2.30. The predicted molar refractivity (Wildman–Crippen MR) is 84.7 cm³/mol. The van der Waals surface area contributed by atoms with Crippen LogP contribution in [0.15, 0.2) is 48.8 Å². The summed E-state index contributed by atoms with van der Waals surface area (Å²) in [5.41, 5.74) is 2.32. The van der Waals surface area contributed by atoms with Crippen LogP contribution in [0.2, 0.25) is 0 Å². The van der Waals surface area contributed by atoms with Gasteiger partial charge >= 0.3 is 0 Å².